The summed E-state index contributed by atoms with van der Waals surface area (Å²) >= 11 is 0. The SMILES string of the molecule is CCCCN(C(C)=O)C(CO)CO. The van der Waals surface area contributed by atoms with Crippen molar-refractivity contribution in [2.45, 2.75) is 32.7 Å². The number of hydrogen-bond donors (Lipinski definition) is 2. The van der Waals surface area contributed by atoms with Crippen LogP contribution >= 0.6 is 0 Å². The molecule has 0 bridgehead atoms. The molecule has 0 rings (SSSR count). The van der Waals surface area contributed by atoms with Gasteiger partial charge in [-0.25, -0.2) is 0 Å². The first kappa shape index (κ1) is 12.4. The van der Waals surface area contributed by atoms with Gasteiger partial charge in [0.1, 0.15) is 0 Å². The molecule has 0 fully saturated rings. The molecular weight excluding hydrogens is 170 g/mol. The van der Waals surface area contributed by atoms with Gasteiger partial charge in [-0.3, -0.25) is 4.79 Å². The minimum Gasteiger partial charge on any atom is -0.394 e. The number of nitrogens with zero attached hydrogens (tertiary/aromatic N) is 1. The molecule has 0 atom stereocenters. The van der Waals surface area contributed by atoms with Crippen LogP contribution in [-0.2, 0) is 4.79 Å². The lowest BCUT2D eigenvalue weighted by Gasteiger charge is -2.28. The third-order valence-corrected chi connectivity index (χ3v) is 2.02. The van der Waals surface area contributed by atoms with Gasteiger partial charge in [0.15, 0.2) is 0 Å². The third-order valence-electron chi connectivity index (χ3n) is 2.02. The van der Waals surface area contributed by atoms with E-state index in [1.807, 2.05) is 6.92 Å². The molecule has 0 heterocycles. The molecule has 0 unspecified atom stereocenters. The van der Waals surface area contributed by atoms with E-state index in [-0.39, 0.29) is 19.1 Å². The zero-order valence-corrected chi connectivity index (χ0v) is 8.36. The minimum atomic E-state index is -0.441. The summed E-state index contributed by atoms with van der Waals surface area (Å²) in [6.45, 7) is 3.73. The molecular formula is C9H19NO3. The van der Waals surface area contributed by atoms with Crippen molar-refractivity contribution in [3.8, 4) is 0 Å². The second-order valence-electron chi connectivity index (χ2n) is 3.08. The fraction of sp³-hybridized carbons (Fsp3) is 0.889. The summed E-state index contributed by atoms with van der Waals surface area (Å²) in [5.41, 5.74) is 0. The number of unbranched alkanes of at least 4 members (excludes halogenated alkanes) is 1. The first-order valence-electron chi connectivity index (χ1n) is 4.66. The Hall–Kier alpha value is -0.610. The van der Waals surface area contributed by atoms with Gasteiger partial charge in [-0.1, -0.05) is 13.3 Å². The lowest BCUT2D eigenvalue weighted by Crippen LogP contribution is -2.44. The highest BCUT2D eigenvalue weighted by atomic mass is 16.3. The predicted molar refractivity (Wildman–Crippen MR) is 50.3 cm³/mol. The van der Waals surface area contributed by atoms with Gasteiger partial charge in [0.05, 0.1) is 19.3 Å². The van der Waals surface area contributed by atoms with Crippen LogP contribution in [0.1, 0.15) is 26.7 Å². The van der Waals surface area contributed by atoms with Gasteiger partial charge in [-0.2, -0.15) is 0 Å². The molecule has 0 radical (unpaired) electrons. The maximum Gasteiger partial charge on any atom is 0.219 e. The third kappa shape index (κ3) is 4.24. The highest BCUT2D eigenvalue weighted by Gasteiger charge is 2.18. The summed E-state index contributed by atoms with van der Waals surface area (Å²) in [5.74, 6) is -0.0958. The van der Waals surface area contributed by atoms with E-state index in [1.54, 1.807) is 0 Å². The number of carbonyl (C=O) groups is 1. The van der Waals surface area contributed by atoms with Gasteiger partial charge >= 0.3 is 0 Å². The van der Waals surface area contributed by atoms with Gasteiger partial charge in [0, 0.05) is 13.5 Å². The van der Waals surface area contributed by atoms with Crippen LogP contribution in [0.5, 0.6) is 0 Å². The van der Waals surface area contributed by atoms with E-state index in [4.69, 9.17) is 10.2 Å². The van der Waals surface area contributed by atoms with Crippen LogP contribution < -0.4 is 0 Å². The van der Waals surface area contributed by atoms with E-state index in [2.05, 4.69) is 0 Å². The predicted octanol–water partition coefficient (Wildman–Crippen LogP) is -0.0118. The van der Waals surface area contributed by atoms with E-state index in [9.17, 15) is 4.79 Å². The summed E-state index contributed by atoms with van der Waals surface area (Å²) < 4.78 is 0. The van der Waals surface area contributed by atoms with Crippen LogP contribution in [-0.4, -0.2) is 46.8 Å². The molecule has 0 spiro atoms. The van der Waals surface area contributed by atoms with Gasteiger partial charge in [0.2, 0.25) is 5.91 Å². The highest BCUT2D eigenvalue weighted by molar-refractivity contribution is 5.73. The molecule has 13 heavy (non-hydrogen) atoms. The molecule has 1 amide bonds. The van der Waals surface area contributed by atoms with E-state index in [0.29, 0.717) is 6.54 Å². The molecule has 2 N–H and O–H groups in total. The summed E-state index contributed by atoms with van der Waals surface area (Å²) in [6.07, 6.45) is 1.89. The van der Waals surface area contributed by atoms with Crippen LogP contribution in [0.4, 0.5) is 0 Å². The Morgan fingerprint density at radius 2 is 1.92 bits per heavy atom. The normalized spacial score (nSPS) is 10.5. The maximum absolute atomic E-state index is 11.1. The fourth-order valence-electron chi connectivity index (χ4n) is 1.18. The van der Waals surface area contributed by atoms with Crippen LogP contribution in [0.3, 0.4) is 0 Å². The molecule has 4 nitrogen and oxygen atoms in total. The maximum atomic E-state index is 11.1. The summed E-state index contributed by atoms with van der Waals surface area (Å²) in [4.78, 5) is 12.6. The molecule has 0 aromatic rings. The summed E-state index contributed by atoms with van der Waals surface area (Å²) in [6, 6.07) is -0.441. The number of aliphatic hydroxyl groups excluding tert-OH is 2. The van der Waals surface area contributed by atoms with Crippen molar-refractivity contribution in [1.29, 1.82) is 0 Å². The van der Waals surface area contributed by atoms with E-state index >= 15 is 0 Å². The molecule has 0 saturated heterocycles. The van der Waals surface area contributed by atoms with Crippen LogP contribution in [0.2, 0.25) is 0 Å². The van der Waals surface area contributed by atoms with Crippen molar-refractivity contribution in [3.05, 3.63) is 0 Å². The molecule has 0 saturated carbocycles. The first-order chi connectivity index (χ1) is 6.17. The largest absolute Gasteiger partial charge is 0.394 e. The number of hydrogen-bond acceptors (Lipinski definition) is 3. The fourth-order valence-corrected chi connectivity index (χ4v) is 1.18. The van der Waals surface area contributed by atoms with Crippen molar-refractivity contribution in [2.24, 2.45) is 0 Å². The van der Waals surface area contributed by atoms with Gasteiger partial charge < -0.3 is 15.1 Å². The lowest BCUT2D eigenvalue weighted by atomic mass is 10.2. The average molecular weight is 189 g/mol. The Balaban J connectivity index is 4.12. The molecule has 0 aliphatic heterocycles. The molecule has 0 aliphatic rings. The van der Waals surface area contributed by atoms with Gasteiger partial charge in [0.25, 0.3) is 0 Å². The van der Waals surface area contributed by atoms with Crippen molar-refractivity contribution in [2.75, 3.05) is 19.8 Å². The van der Waals surface area contributed by atoms with Crippen molar-refractivity contribution < 1.29 is 15.0 Å². The number of carbonyl (C=O) groups excluding carboxylic acids is 1. The Labute approximate surface area is 79.2 Å². The van der Waals surface area contributed by atoms with Crippen molar-refractivity contribution in [3.63, 3.8) is 0 Å². The topological polar surface area (TPSA) is 60.8 Å². The summed E-state index contributed by atoms with van der Waals surface area (Å²) in [7, 11) is 0. The monoisotopic (exact) mass is 189 g/mol. The second kappa shape index (κ2) is 6.86. The molecule has 0 aromatic carbocycles. The summed E-state index contributed by atoms with van der Waals surface area (Å²) in [5, 5.41) is 17.8. The standard InChI is InChI=1S/C9H19NO3/c1-3-4-5-10(8(2)13)9(6-11)7-12/h9,11-12H,3-7H2,1-2H3. The van der Waals surface area contributed by atoms with Gasteiger partial charge in [-0.05, 0) is 6.42 Å². The Bertz CT molecular complexity index is 146. The van der Waals surface area contributed by atoms with Crippen LogP contribution in [0, 0.1) is 0 Å². The quantitative estimate of drug-likeness (QED) is 0.617. The molecule has 0 aliphatic carbocycles. The van der Waals surface area contributed by atoms with E-state index in [0.717, 1.165) is 12.8 Å². The van der Waals surface area contributed by atoms with E-state index in [1.165, 1.54) is 11.8 Å². The van der Waals surface area contributed by atoms with Crippen molar-refractivity contribution in [1.82, 2.24) is 4.90 Å². The second-order valence-corrected chi connectivity index (χ2v) is 3.08. The lowest BCUT2D eigenvalue weighted by molar-refractivity contribution is -0.133. The van der Waals surface area contributed by atoms with Crippen molar-refractivity contribution >= 4 is 5.91 Å². The average Bonchev–Trinajstić information content (AvgIpc) is 2.11. The number of rotatable bonds is 6. The Morgan fingerprint density at radius 3 is 2.23 bits per heavy atom. The number of aliphatic hydroxyl groups is 2. The first-order valence-corrected chi connectivity index (χ1v) is 4.66. The Kier molecular flexibility index (Phi) is 6.54. The van der Waals surface area contributed by atoms with Gasteiger partial charge in [-0.15, -0.1) is 0 Å². The van der Waals surface area contributed by atoms with E-state index < -0.39 is 6.04 Å². The smallest absolute Gasteiger partial charge is 0.219 e. The minimum absolute atomic E-state index is 0.0958. The molecule has 4 heteroatoms. The van der Waals surface area contributed by atoms with Crippen LogP contribution in [0.15, 0.2) is 0 Å². The molecule has 0 aromatic heterocycles. The Morgan fingerprint density at radius 1 is 1.38 bits per heavy atom. The number of amides is 1. The molecule has 78 valence electrons. The zero-order chi connectivity index (χ0) is 10.3. The van der Waals surface area contributed by atoms with Crippen LogP contribution in [0.25, 0.3) is 0 Å². The highest BCUT2D eigenvalue weighted by Crippen LogP contribution is 2.02. The zero-order valence-electron chi connectivity index (χ0n) is 8.36.